The Balaban J connectivity index is 1.89. The fourth-order valence-corrected chi connectivity index (χ4v) is 2.63. The lowest BCUT2D eigenvalue weighted by Gasteiger charge is -2.27. The lowest BCUT2D eigenvalue weighted by molar-refractivity contribution is 0.0889. The van der Waals surface area contributed by atoms with Gasteiger partial charge in [0.1, 0.15) is 11.7 Å². The van der Waals surface area contributed by atoms with E-state index in [-0.39, 0.29) is 11.8 Å². The number of hydrogen-bond donors (Lipinski definition) is 2. The van der Waals surface area contributed by atoms with E-state index < -0.39 is 12.2 Å². The van der Waals surface area contributed by atoms with Gasteiger partial charge in [0.2, 0.25) is 5.88 Å². The molecule has 0 radical (unpaired) electrons. The number of carbonyl (C=O) groups is 1. The third kappa shape index (κ3) is 2.87. The van der Waals surface area contributed by atoms with Crippen molar-refractivity contribution >= 4 is 16.8 Å². The van der Waals surface area contributed by atoms with E-state index in [9.17, 15) is 9.18 Å². The van der Waals surface area contributed by atoms with E-state index in [0.29, 0.717) is 25.1 Å². The molecule has 0 bridgehead atoms. The molecule has 0 spiro atoms. The van der Waals surface area contributed by atoms with Crippen LogP contribution in [0, 0.1) is 0 Å². The van der Waals surface area contributed by atoms with Crippen molar-refractivity contribution in [2.75, 3.05) is 20.2 Å². The Morgan fingerprint density at radius 3 is 3.05 bits per heavy atom. The summed E-state index contributed by atoms with van der Waals surface area (Å²) in [7, 11) is 1.47. The number of aromatic nitrogens is 1. The number of alkyl halides is 1. The van der Waals surface area contributed by atoms with Gasteiger partial charge in [0, 0.05) is 11.9 Å². The highest BCUT2D eigenvalue weighted by Gasteiger charge is 2.27. The van der Waals surface area contributed by atoms with E-state index in [1.165, 1.54) is 7.11 Å². The van der Waals surface area contributed by atoms with Crippen molar-refractivity contribution in [1.29, 1.82) is 0 Å². The maximum absolute atomic E-state index is 13.9. The molecule has 1 saturated heterocycles. The summed E-state index contributed by atoms with van der Waals surface area (Å²) in [4.78, 5) is 16.8. The number of nitrogens with zero attached hydrogens (tertiary/aromatic N) is 1. The van der Waals surface area contributed by atoms with Gasteiger partial charge >= 0.3 is 0 Å². The number of hydrogen-bond acceptors (Lipinski definition) is 4. The number of fused-ring (bicyclic) bond motifs is 1. The third-order valence-electron chi connectivity index (χ3n) is 3.84. The Morgan fingerprint density at radius 1 is 1.45 bits per heavy atom. The maximum Gasteiger partial charge on any atom is 0.257 e. The summed E-state index contributed by atoms with van der Waals surface area (Å²) in [6.07, 6.45) is -0.637. The van der Waals surface area contributed by atoms with Crippen LogP contribution in [-0.2, 0) is 0 Å². The summed E-state index contributed by atoms with van der Waals surface area (Å²) in [6.45, 7) is 1.06. The number of carbonyl (C=O) groups excluding carboxylic acids is 1. The smallest absolute Gasteiger partial charge is 0.257 e. The van der Waals surface area contributed by atoms with Crippen molar-refractivity contribution in [2.24, 2.45) is 0 Å². The van der Waals surface area contributed by atoms with Gasteiger partial charge in [-0.05, 0) is 25.1 Å². The molecule has 0 unspecified atom stereocenters. The van der Waals surface area contributed by atoms with Crippen molar-refractivity contribution in [3.63, 3.8) is 0 Å². The van der Waals surface area contributed by atoms with Gasteiger partial charge in [-0.2, -0.15) is 0 Å². The highest BCUT2D eigenvalue weighted by molar-refractivity contribution is 6.00. The quantitative estimate of drug-likeness (QED) is 0.905. The third-order valence-corrected chi connectivity index (χ3v) is 3.84. The number of rotatable bonds is 3. The zero-order chi connectivity index (χ0) is 15.5. The first kappa shape index (κ1) is 14.7. The lowest BCUT2D eigenvalue weighted by Crippen LogP contribution is -2.52. The minimum absolute atomic E-state index is 0.246. The van der Waals surface area contributed by atoms with Crippen molar-refractivity contribution in [3.8, 4) is 5.88 Å². The maximum atomic E-state index is 13.9. The molecule has 1 aliphatic rings. The van der Waals surface area contributed by atoms with Gasteiger partial charge in [0.05, 0.1) is 18.7 Å². The van der Waals surface area contributed by atoms with Crippen LogP contribution in [0.4, 0.5) is 4.39 Å². The lowest BCUT2D eigenvalue weighted by atomic mass is 10.0. The molecule has 116 valence electrons. The molecule has 2 aromatic rings. The zero-order valence-electron chi connectivity index (χ0n) is 12.3. The van der Waals surface area contributed by atoms with Crippen LogP contribution < -0.4 is 15.4 Å². The molecule has 6 heteroatoms. The predicted octanol–water partition coefficient (Wildman–Crippen LogP) is 1.67. The van der Waals surface area contributed by atoms with Crippen molar-refractivity contribution in [1.82, 2.24) is 15.6 Å². The first-order valence-electron chi connectivity index (χ1n) is 7.28. The number of amides is 1. The van der Waals surface area contributed by atoms with Crippen LogP contribution in [0.15, 0.2) is 30.3 Å². The molecule has 2 atom stereocenters. The van der Waals surface area contributed by atoms with Crippen molar-refractivity contribution in [2.45, 2.75) is 18.6 Å². The van der Waals surface area contributed by atoms with Crippen molar-refractivity contribution in [3.05, 3.63) is 35.9 Å². The Labute approximate surface area is 127 Å². The van der Waals surface area contributed by atoms with Crippen molar-refractivity contribution < 1.29 is 13.9 Å². The molecular weight excluding hydrogens is 285 g/mol. The average molecular weight is 303 g/mol. The first-order valence-corrected chi connectivity index (χ1v) is 7.28. The number of pyridine rings is 1. The van der Waals surface area contributed by atoms with Crippen LogP contribution in [0.2, 0.25) is 0 Å². The second-order valence-corrected chi connectivity index (χ2v) is 5.33. The molecule has 2 N–H and O–H groups in total. The molecular formula is C16H18FN3O2. The van der Waals surface area contributed by atoms with Gasteiger partial charge in [0.15, 0.2) is 0 Å². The van der Waals surface area contributed by atoms with E-state index in [2.05, 4.69) is 15.6 Å². The summed E-state index contributed by atoms with van der Waals surface area (Å²) < 4.78 is 19.1. The second-order valence-electron chi connectivity index (χ2n) is 5.33. The highest BCUT2D eigenvalue weighted by Crippen LogP contribution is 2.22. The summed E-state index contributed by atoms with van der Waals surface area (Å²) in [5, 5.41) is 6.65. The molecule has 22 heavy (non-hydrogen) atoms. The minimum atomic E-state index is -1.04. The topological polar surface area (TPSA) is 63.2 Å². The summed E-state index contributed by atoms with van der Waals surface area (Å²) in [5.74, 6) is -0.123. The van der Waals surface area contributed by atoms with Gasteiger partial charge in [0.25, 0.3) is 5.91 Å². The van der Waals surface area contributed by atoms with Gasteiger partial charge in [-0.15, -0.1) is 0 Å². The van der Waals surface area contributed by atoms with Crippen LogP contribution in [0.5, 0.6) is 5.88 Å². The number of halogens is 1. The molecule has 3 rings (SSSR count). The molecule has 1 aromatic carbocycles. The Hall–Kier alpha value is -2.21. The SMILES string of the molecule is COc1nc2ccccc2cc1C(=O)N[C@@H]1CNCC[C@@H]1F. The number of benzene rings is 1. The Kier molecular flexibility index (Phi) is 4.20. The number of para-hydroxylation sites is 1. The zero-order valence-corrected chi connectivity index (χ0v) is 12.3. The molecule has 2 heterocycles. The standard InChI is InChI=1S/C16H18FN3O2/c1-22-16-11(8-10-4-2-3-5-13(10)20-16)15(21)19-14-9-18-7-6-12(14)17/h2-5,8,12,14,18H,6-7,9H2,1H3,(H,19,21)/t12-,14+/m0/s1. The first-order chi connectivity index (χ1) is 10.7. The van der Waals surface area contributed by atoms with Gasteiger partial charge < -0.3 is 15.4 Å². The summed E-state index contributed by atoms with van der Waals surface area (Å²) >= 11 is 0. The van der Waals surface area contributed by atoms with Crippen LogP contribution >= 0.6 is 0 Å². The minimum Gasteiger partial charge on any atom is -0.480 e. The predicted molar refractivity (Wildman–Crippen MR) is 81.9 cm³/mol. The highest BCUT2D eigenvalue weighted by atomic mass is 19.1. The second kappa shape index (κ2) is 6.27. The molecule has 1 aliphatic heterocycles. The number of ether oxygens (including phenoxy) is 1. The largest absolute Gasteiger partial charge is 0.480 e. The van der Waals surface area contributed by atoms with E-state index in [0.717, 1.165) is 10.9 Å². The monoisotopic (exact) mass is 303 g/mol. The summed E-state index contributed by atoms with van der Waals surface area (Å²) in [5.41, 5.74) is 1.07. The Morgan fingerprint density at radius 2 is 2.27 bits per heavy atom. The Bertz CT molecular complexity index is 692. The van der Waals surface area contributed by atoms with E-state index in [1.54, 1.807) is 6.07 Å². The van der Waals surface area contributed by atoms with Crippen LogP contribution in [-0.4, -0.2) is 43.3 Å². The fourth-order valence-electron chi connectivity index (χ4n) is 2.63. The van der Waals surface area contributed by atoms with E-state index in [1.807, 2.05) is 24.3 Å². The molecule has 1 amide bonds. The van der Waals surface area contributed by atoms with Crippen LogP contribution in [0.1, 0.15) is 16.8 Å². The number of piperidine rings is 1. The summed E-state index contributed by atoms with van der Waals surface area (Å²) in [6, 6.07) is 8.66. The van der Waals surface area contributed by atoms with Gasteiger partial charge in [-0.1, -0.05) is 18.2 Å². The fraction of sp³-hybridized carbons (Fsp3) is 0.375. The van der Waals surface area contributed by atoms with E-state index in [4.69, 9.17) is 4.74 Å². The average Bonchev–Trinajstić information content (AvgIpc) is 2.55. The number of methoxy groups -OCH3 is 1. The van der Waals surface area contributed by atoms with Crippen LogP contribution in [0.3, 0.4) is 0 Å². The van der Waals surface area contributed by atoms with Crippen LogP contribution in [0.25, 0.3) is 10.9 Å². The number of nitrogens with one attached hydrogen (secondary N) is 2. The molecule has 1 fully saturated rings. The molecule has 0 saturated carbocycles. The molecule has 1 aromatic heterocycles. The molecule has 5 nitrogen and oxygen atoms in total. The van der Waals surface area contributed by atoms with E-state index >= 15 is 0 Å². The van der Waals surface area contributed by atoms with Gasteiger partial charge in [-0.25, -0.2) is 9.37 Å². The molecule has 0 aliphatic carbocycles. The normalized spacial score (nSPS) is 21.5. The van der Waals surface area contributed by atoms with Gasteiger partial charge in [-0.3, -0.25) is 4.79 Å².